The quantitative estimate of drug-likeness (QED) is 0.252. The predicted octanol–water partition coefficient (Wildman–Crippen LogP) is -4.19. The Morgan fingerprint density at radius 2 is 0.750 bits per heavy atom. The molecule has 12 heteroatoms. The fraction of sp³-hybridized carbons (Fsp3) is 0. The Morgan fingerprint density at radius 3 is 0.750 bits per heavy atom. The van der Waals surface area contributed by atoms with Gasteiger partial charge >= 0.3 is 39.7 Å². The topological polar surface area (TPSA) is 149 Å². The molecule has 4 N–H and O–H groups in total. The fourth-order valence-electron chi connectivity index (χ4n) is 0. The van der Waals surface area contributed by atoms with Gasteiger partial charge in [-0.15, -0.1) is 0 Å². The normalized spacial score (nSPS) is 9.67. The van der Waals surface area contributed by atoms with Crippen molar-refractivity contribution in [1.82, 2.24) is 0 Å². The van der Waals surface area contributed by atoms with Crippen LogP contribution in [-0.2, 0) is 37.9 Å². The molecule has 0 spiro atoms. The summed E-state index contributed by atoms with van der Waals surface area (Å²) in [5, 5.41) is 0. The minimum absolute atomic E-state index is 0. The Labute approximate surface area is 93.0 Å². The van der Waals surface area contributed by atoms with Crippen molar-refractivity contribution >= 4 is 20.8 Å². The van der Waals surface area contributed by atoms with Crippen molar-refractivity contribution in [2.75, 3.05) is 0 Å². The van der Waals surface area contributed by atoms with Crippen LogP contribution in [0.15, 0.2) is 0 Å². The van der Waals surface area contributed by atoms with Gasteiger partial charge in [0.1, 0.15) is 0 Å². The van der Waals surface area contributed by atoms with E-state index in [1.807, 2.05) is 0 Å². The molecule has 0 aromatic heterocycles. The molecule has 0 aliphatic carbocycles. The molecule has 0 amide bonds. The minimum Gasteiger partial charge on any atom is -1.00 e. The van der Waals surface area contributed by atoms with Crippen LogP contribution in [0.3, 0.4) is 0 Å². The zero-order chi connectivity index (χ0) is 9.00. The third-order valence-corrected chi connectivity index (χ3v) is 0. The summed E-state index contributed by atoms with van der Waals surface area (Å²) in [7, 11) is -9.33. The van der Waals surface area contributed by atoms with Gasteiger partial charge in [-0.05, 0) is 0 Å². The van der Waals surface area contributed by atoms with Gasteiger partial charge in [0.15, 0.2) is 0 Å². The summed E-state index contributed by atoms with van der Waals surface area (Å²) in [6.45, 7) is 0. The van der Waals surface area contributed by atoms with E-state index in [1.165, 1.54) is 0 Å². The van der Waals surface area contributed by atoms with Gasteiger partial charge in [0.2, 0.25) is 0 Å². The molecule has 8 nitrogen and oxygen atoms in total. The third kappa shape index (κ3) is 1440. The van der Waals surface area contributed by atoms with Crippen LogP contribution in [0.25, 0.3) is 0 Å². The van der Waals surface area contributed by atoms with Gasteiger partial charge in [-0.25, -0.2) is 0 Å². The Bertz CT molecular complexity index is 219. The molecule has 73 valence electrons. The second-order valence-electron chi connectivity index (χ2n) is 0.896. The molecular weight excluding hydrogens is 254 g/mol. The van der Waals surface area contributed by atoms with E-state index in [-0.39, 0.29) is 37.4 Å². The summed E-state index contributed by atoms with van der Waals surface area (Å²) in [6, 6.07) is 0. The van der Waals surface area contributed by atoms with E-state index in [4.69, 9.17) is 35.0 Å². The van der Waals surface area contributed by atoms with Crippen LogP contribution < -0.4 is 18.9 Å². The van der Waals surface area contributed by atoms with Crippen molar-refractivity contribution in [2.24, 2.45) is 0 Å². The van der Waals surface area contributed by atoms with Gasteiger partial charge in [-0.1, -0.05) is 0 Å². The van der Waals surface area contributed by atoms with Crippen LogP contribution in [0.2, 0.25) is 0 Å². The summed E-state index contributed by atoms with van der Waals surface area (Å²) in [5.74, 6) is 0. The van der Waals surface area contributed by atoms with Crippen LogP contribution in [0, 0.1) is 0 Å². The number of hydrogen-bond donors (Lipinski definition) is 4. The molecule has 0 saturated carbocycles. The zero-order valence-electron chi connectivity index (χ0n) is 6.62. The average molecular weight is 259 g/mol. The molecule has 0 aromatic carbocycles. The summed E-state index contributed by atoms with van der Waals surface area (Å²) in [6.07, 6.45) is 0. The van der Waals surface area contributed by atoms with Gasteiger partial charge < -0.3 is 1.43 Å². The third-order valence-electron chi connectivity index (χ3n) is 0. The van der Waals surface area contributed by atoms with Gasteiger partial charge in [0.05, 0.1) is 0 Å². The van der Waals surface area contributed by atoms with Crippen LogP contribution in [-0.4, -0.2) is 35.0 Å². The van der Waals surface area contributed by atoms with Crippen LogP contribution in [0.4, 0.5) is 0 Å². The van der Waals surface area contributed by atoms with Crippen LogP contribution in [0.5, 0.6) is 0 Å². The zero-order valence-corrected chi connectivity index (χ0v) is 8.43. The molecule has 0 unspecified atom stereocenters. The molecule has 0 atom stereocenters. The van der Waals surface area contributed by atoms with Gasteiger partial charge in [-0.2, -0.15) is 16.8 Å². The maximum atomic E-state index is 8.74. The fourth-order valence-corrected chi connectivity index (χ4v) is 0. The van der Waals surface area contributed by atoms with Crippen LogP contribution >= 0.6 is 0 Å². The second kappa shape index (κ2) is 8.45. The maximum Gasteiger partial charge on any atom is 1.00 e. The molecule has 0 heterocycles. The average Bonchev–Trinajstić information content (AvgIpc) is 1.12. The Kier molecular flexibility index (Phi) is 16.2. The van der Waals surface area contributed by atoms with E-state index < -0.39 is 20.8 Å². The standard InChI is InChI=1S/Li.Mn.2H2O4S.H/c;;2*1-5(2,3)4;/h;;2*(H2,1,2,3,4);/q+1;;;;-1. The second-order valence-corrected chi connectivity index (χ2v) is 2.69. The Balaban J connectivity index is -0.0000000267. The van der Waals surface area contributed by atoms with E-state index in [0.717, 1.165) is 0 Å². The first kappa shape index (κ1) is 23.0. The van der Waals surface area contributed by atoms with E-state index in [0.29, 0.717) is 0 Å². The van der Waals surface area contributed by atoms with E-state index in [9.17, 15) is 0 Å². The summed E-state index contributed by atoms with van der Waals surface area (Å²) < 4.78 is 63.2. The molecule has 0 fully saturated rings. The van der Waals surface area contributed by atoms with Crippen molar-refractivity contribution in [2.45, 2.75) is 0 Å². The van der Waals surface area contributed by atoms with E-state index in [2.05, 4.69) is 0 Å². The number of hydrogen-bond acceptors (Lipinski definition) is 4. The molecule has 12 heavy (non-hydrogen) atoms. The van der Waals surface area contributed by atoms with Crippen molar-refractivity contribution in [3.8, 4) is 0 Å². The molecule has 0 aliphatic heterocycles. The molecule has 0 bridgehead atoms. The van der Waals surface area contributed by atoms with E-state index >= 15 is 0 Å². The SMILES string of the molecule is O=S(=O)(O)O.O=S(=O)(O)O.[H-].[Li+].[Mn]. The smallest absolute Gasteiger partial charge is 1.00 e. The van der Waals surface area contributed by atoms with E-state index in [1.54, 1.807) is 0 Å². The first-order chi connectivity index (χ1) is 4.00. The van der Waals surface area contributed by atoms with Gasteiger partial charge in [-0.3, -0.25) is 18.2 Å². The Hall–Kier alpha value is 0.857. The van der Waals surface area contributed by atoms with Crippen molar-refractivity contribution in [3.63, 3.8) is 0 Å². The molecular formula is H5LiMnO8S2. The predicted molar refractivity (Wildman–Crippen MR) is 29.5 cm³/mol. The molecule has 0 rings (SSSR count). The molecule has 1 radical (unpaired) electrons. The Morgan fingerprint density at radius 1 is 0.750 bits per heavy atom. The summed E-state index contributed by atoms with van der Waals surface area (Å²) in [5.41, 5.74) is 0. The molecule has 0 aliphatic rings. The van der Waals surface area contributed by atoms with Crippen LogP contribution in [0.1, 0.15) is 1.43 Å². The number of rotatable bonds is 0. The van der Waals surface area contributed by atoms with Gasteiger partial charge in [0, 0.05) is 17.1 Å². The minimum atomic E-state index is -4.67. The largest absolute Gasteiger partial charge is 1.00 e. The maximum absolute atomic E-state index is 8.74. The van der Waals surface area contributed by atoms with Crippen molar-refractivity contribution < 1.29 is 72.4 Å². The van der Waals surface area contributed by atoms with Crippen molar-refractivity contribution in [1.29, 1.82) is 0 Å². The summed E-state index contributed by atoms with van der Waals surface area (Å²) >= 11 is 0. The van der Waals surface area contributed by atoms with Crippen molar-refractivity contribution in [3.05, 3.63) is 0 Å². The summed E-state index contributed by atoms with van der Waals surface area (Å²) in [4.78, 5) is 0. The monoisotopic (exact) mass is 259 g/mol. The first-order valence-corrected chi connectivity index (χ1v) is 4.19. The van der Waals surface area contributed by atoms with Gasteiger partial charge in [0.25, 0.3) is 0 Å². The molecule has 0 saturated heterocycles. The molecule has 0 aromatic rings. The first-order valence-electron chi connectivity index (χ1n) is 1.40.